The van der Waals surface area contributed by atoms with Gasteiger partial charge in [0, 0.05) is 22.0 Å². The minimum Gasteiger partial charge on any atom is -0.326 e. The van der Waals surface area contributed by atoms with Crippen molar-refractivity contribution >= 4 is 58.0 Å². The second kappa shape index (κ2) is 8.85. The number of amides is 2. The standard InChI is InChI=1S/C17H14Cl3N3O2/c1-10(22-23-17(25)11-3-2-4-12(18)8-11)7-16(24)21-13-5-6-14(19)15(20)9-13/h2-6,8-9H,7H2,1H3,(H,21,24)(H,23,25)/b22-10+. The smallest absolute Gasteiger partial charge is 0.271 e. The molecule has 0 aromatic heterocycles. The lowest BCUT2D eigenvalue weighted by Gasteiger charge is -2.07. The van der Waals surface area contributed by atoms with Crippen molar-refractivity contribution in [2.75, 3.05) is 5.32 Å². The van der Waals surface area contributed by atoms with Gasteiger partial charge in [0.1, 0.15) is 0 Å². The molecule has 25 heavy (non-hydrogen) atoms. The van der Waals surface area contributed by atoms with Crippen molar-refractivity contribution in [3.63, 3.8) is 0 Å². The number of rotatable bonds is 5. The Hall–Kier alpha value is -2.08. The zero-order valence-corrected chi connectivity index (χ0v) is 15.4. The molecule has 0 fully saturated rings. The van der Waals surface area contributed by atoms with E-state index in [0.29, 0.717) is 32.0 Å². The molecule has 0 heterocycles. The first kappa shape index (κ1) is 19.2. The summed E-state index contributed by atoms with van der Waals surface area (Å²) >= 11 is 17.5. The largest absolute Gasteiger partial charge is 0.326 e. The van der Waals surface area contributed by atoms with Gasteiger partial charge in [0.05, 0.1) is 16.5 Å². The van der Waals surface area contributed by atoms with Crippen molar-refractivity contribution in [3.05, 3.63) is 63.1 Å². The lowest BCUT2D eigenvalue weighted by molar-refractivity contribution is -0.115. The number of nitrogens with zero attached hydrogens (tertiary/aromatic N) is 1. The molecule has 130 valence electrons. The first-order valence-electron chi connectivity index (χ1n) is 7.19. The first-order chi connectivity index (χ1) is 11.8. The number of benzene rings is 2. The van der Waals surface area contributed by atoms with Crippen LogP contribution >= 0.6 is 34.8 Å². The van der Waals surface area contributed by atoms with Gasteiger partial charge < -0.3 is 5.32 Å². The maximum atomic E-state index is 12.0. The number of hydrogen-bond acceptors (Lipinski definition) is 3. The van der Waals surface area contributed by atoms with Gasteiger partial charge in [-0.2, -0.15) is 5.10 Å². The molecule has 5 nitrogen and oxygen atoms in total. The Bertz CT molecular complexity index is 838. The van der Waals surface area contributed by atoms with Gasteiger partial charge in [-0.15, -0.1) is 0 Å². The summed E-state index contributed by atoms with van der Waals surface area (Å²) in [6.07, 6.45) is 0.00999. The van der Waals surface area contributed by atoms with Crippen molar-refractivity contribution in [3.8, 4) is 0 Å². The van der Waals surface area contributed by atoms with Crippen LogP contribution in [0.5, 0.6) is 0 Å². The van der Waals surface area contributed by atoms with Gasteiger partial charge in [-0.1, -0.05) is 40.9 Å². The van der Waals surface area contributed by atoms with E-state index in [2.05, 4.69) is 15.8 Å². The fourth-order valence-electron chi connectivity index (χ4n) is 1.89. The zero-order valence-electron chi connectivity index (χ0n) is 13.1. The van der Waals surface area contributed by atoms with Crippen LogP contribution in [0, 0.1) is 0 Å². The van der Waals surface area contributed by atoms with E-state index in [-0.39, 0.29) is 12.3 Å². The first-order valence-corrected chi connectivity index (χ1v) is 8.32. The third-order valence-electron chi connectivity index (χ3n) is 3.05. The van der Waals surface area contributed by atoms with Crippen LogP contribution in [0.4, 0.5) is 5.69 Å². The molecule has 0 spiro atoms. The van der Waals surface area contributed by atoms with E-state index in [0.717, 1.165) is 0 Å². The van der Waals surface area contributed by atoms with Gasteiger partial charge in [-0.05, 0) is 43.3 Å². The van der Waals surface area contributed by atoms with Crippen LogP contribution in [-0.2, 0) is 4.79 Å². The van der Waals surface area contributed by atoms with Crippen molar-refractivity contribution < 1.29 is 9.59 Å². The number of halogens is 3. The summed E-state index contributed by atoms with van der Waals surface area (Å²) in [5.74, 6) is -0.705. The summed E-state index contributed by atoms with van der Waals surface area (Å²) in [7, 11) is 0. The summed E-state index contributed by atoms with van der Waals surface area (Å²) in [6.45, 7) is 1.63. The topological polar surface area (TPSA) is 70.6 Å². The van der Waals surface area contributed by atoms with E-state index in [1.54, 1.807) is 43.3 Å². The third kappa shape index (κ3) is 6.05. The van der Waals surface area contributed by atoms with Crippen LogP contribution < -0.4 is 10.7 Å². The lowest BCUT2D eigenvalue weighted by Crippen LogP contribution is -2.21. The second-order valence-electron chi connectivity index (χ2n) is 5.15. The highest BCUT2D eigenvalue weighted by Crippen LogP contribution is 2.25. The molecule has 0 bridgehead atoms. The highest BCUT2D eigenvalue weighted by Gasteiger charge is 2.08. The number of nitrogens with one attached hydrogen (secondary N) is 2. The Morgan fingerprint density at radius 1 is 1.04 bits per heavy atom. The molecule has 0 saturated heterocycles. The molecule has 0 aliphatic heterocycles. The number of hydrogen-bond donors (Lipinski definition) is 2. The van der Waals surface area contributed by atoms with Crippen LogP contribution in [0.3, 0.4) is 0 Å². The van der Waals surface area contributed by atoms with Gasteiger partial charge in [-0.25, -0.2) is 5.43 Å². The van der Waals surface area contributed by atoms with Crippen LogP contribution in [0.1, 0.15) is 23.7 Å². The molecule has 2 rings (SSSR count). The fraction of sp³-hybridized carbons (Fsp3) is 0.118. The van der Waals surface area contributed by atoms with Crippen LogP contribution in [0.15, 0.2) is 47.6 Å². The predicted octanol–water partition coefficient (Wildman–Crippen LogP) is 4.78. The number of anilines is 1. The maximum absolute atomic E-state index is 12.0. The number of carbonyl (C=O) groups is 2. The third-order valence-corrected chi connectivity index (χ3v) is 4.03. The SMILES string of the molecule is C/C(CC(=O)Nc1ccc(Cl)c(Cl)c1)=N\NC(=O)c1cccc(Cl)c1. The lowest BCUT2D eigenvalue weighted by atomic mass is 10.2. The predicted molar refractivity (Wildman–Crippen MR) is 102 cm³/mol. The van der Waals surface area contributed by atoms with Crippen LogP contribution in [0.25, 0.3) is 0 Å². The highest BCUT2D eigenvalue weighted by atomic mass is 35.5. The Kier molecular flexibility index (Phi) is 6.82. The van der Waals surface area contributed by atoms with E-state index >= 15 is 0 Å². The molecule has 8 heteroatoms. The number of carbonyl (C=O) groups excluding carboxylic acids is 2. The number of hydrazone groups is 1. The van der Waals surface area contributed by atoms with Crippen LogP contribution in [-0.4, -0.2) is 17.5 Å². The summed E-state index contributed by atoms with van der Waals surface area (Å²) in [4.78, 5) is 23.9. The maximum Gasteiger partial charge on any atom is 0.271 e. The minimum absolute atomic E-state index is 0.00999. The zero-order chi connectivity index (χ0) is 18.4. The van der Waals surface area contributed by atoms with E-state index in [1.165, 1.54) is 6.07 Å². The molecule has 0 aliphatic rings. The molecule has 0 aliphatic carbocycles. The molecule has 0 atom stereocenters. The summed E-state index contributed by atoms with van der Waals surface area (Å²) < 4.78 is 0. The molecule has 2 amide bonds. The fourth-order valence-corrected chi connectivity index (χ4v) is 2.38. The van der Waals surface area contributed by atoms with Gasteiger partial charge >= 0.3 is 0 Å². The Labute approximate surface area is 160 Å². The molecule has 2 aromatic rings. The summed E-state index contributed by atoms with van der Waals surface area (Å²) in [5.41, 5.74) is 3.72. The van der Waals surface area contributed by atoms with Gasteiger partial charge in [0.25, 0.3) is 5.91 Å². The molecule has 2 aromatic carbocycles. The molecule has 0 unspecified atom stereocenters. The van der Waals surface area contributed by atoms with Crippen molar-refractivity contribution in [1.29, 1.82) is 0 Å². The quantitative estimate of drug-likeness (QED) is 0.562. The molecular formula is C17H14Cl3N3O2. The summed E-state index contributed by atoms with van der Waals surface area (Å²) in [5, 5.41) is 7.79. The Balaban J connectivity index is 1.90. The Morgan fingerprint density at radius 2 is 1.80 bits per heavy atom. The molecular weight excluding hydrogens is 385 g/mol. The van der Waals surface area contributed by atoms with Crippen molar-refractivity contribution in [2.24, 2.45) is 5.10 Å². The molecule has 0 saturated carbocycles. The average molecular weight is 399 g/mol. The molecule has 0 radical (unpaired) electrons. The van der Waals surface area contributed by atoms with E-state index < -0.39 is 5.91 Å². The van der Waals surface area contributed by atoms with Gasteiger partial charge in [0.2, 0.25) is 5.91 Å². The van der Waals surface area contributed by atoms with E-state index in [4.69, 9.17) is 34.8 Å². The monoisotopic (exact) mass is 397 g/mol. The van der Waals surface area contributed by atoms with Gasteiger partial charge in [0.15, 0.2) is 0 Å². The summed E-state index contributed by atoms with van der Waals surface area (Å²) in [6, 6.07) is 11.3. The average Bonchev–Trinajstić information content (AvgIpc) is 2.56. The normalized spacial score (nSPS) is 11.1. The molecule has 2 N–H and O–H groups in total. The van der Waals surface area contributed by atoms with Crippen LogP contribution in [0.2, 0.25) is 15.1 Å². The highest BCUT2D eigenvalue weighted by molar-refractivity contribution is 6.42. The van der Waals surface area contributed by atoms with E-state index in [9.17, 15) is 9.59 Å². The van der Waals surface area contributed by atoms with Gasteiger partial charge in [-0.3, -0.25) is 9.59 Å². The minimum atomic E-state index is -0.410. The van der Waals surface area contributed by atoms with E-state index in [1.807, 2.05) is 0 Å². The van der Waals surface area contributed by atoms with Crippen molar-refractivity contribution in [2.45, 2.75) is 13.3 Å². The second-order valence-corrected chi connectivity index (χ2v) is 6.40. The Morgan fingerprint density at radius 3 is 2.48 bits per heavy atom. The van der Waals surface area contributed by atoms with Crippen molar-refractivity contribution in [1.82, 2.24) is 5.43 Å².